The number of amides is 1. The number of hydrogen-bond acceptors (Lipinski definition) is 4. The number of hydrogen-bond donors (Lipinski definition) is 3. The van der Waals surface area contributed by atoms with Crippen LogP contribution < -0.4 is 15.4 Å². The Kier molecular flexibility index (Phi) is 5.00. The highest BCUT2D eigenvalue weighted by atomic mass is 35.5. The van der Waals surface area contributed by atoms with E-state index in [0.717, 1.165) is 24.9 Å². The van der Waals surface area contributed by atoms with Gasteiger partial charge in [0.25, 0.3) is 5.91 Å². The smallest absolute Gasteiger partial charge is 0.256 e. The van der Waals surface area contributed by atoms with Gasteiger partial charge in [0.2, 0.25) is 0 Å². The van der Waals surface area contributed by atoms with Gasteiger partial charge in [0.05, 0.1) is 22.7 Å². The van der Waals surface area contributed by atoms with Crippen LogP contribution in [0.3, 0.4) is 0 Å². The van der Waals surface area contributed by atoms with E-state index in [4.69, 9.17) is 16.3 Å². The van der Waals surface area contributed by atoms with Crippen LogP contribution >= 0.6 is 11.6 Å². The van der Waals surface area contributed by atoms with Gasteiger partial charge in [-0.25, -0.2) is 8.78 Å². The quantitative estimate of drug-likeness (QED) is 0.386. The van der Waals surface area contributed by atoms with Crippen molar-refractivity contribution in [2.24, 2.45) is 5.92 Å². The number of carbonyl (C=O) groups is 1. The third kappa shape index (κ3) is 3.17. The second-order valence-electron chi connectivity index (χ2n) is 10.7. The fraction of sp³-hybridized carbons (Fsp3) is 0.345. The number of benzene rings is 3. The zero-order valence-corrected chi connectivity index (χ0v) is 20.9. The zero-order chi connectivity index (χ0) is 25.6. The molecule has 0 aromatic heterocycles. The first-order valence-corrected chi connectivity index (χ1v) is 13.0. The van der Waals surface area contributed by atoms with Gasteiger partial charge < -0.3 is 20.5 Å². The van der Waals surface area contributed by atoms with Crippen LogP contribution in [0, 0.1) is 17.6 Å². The summed E-state index contributed by atoms with van der Waals surface area (Å²) >= 11 is 6.60. The molecule has 7 rings (SSSR count). The van der Waals surface area contributed by atoms with E-state index in [2.05, 4.69) is 10.6 Å². The molecule has 0 unspecified atom stereocenters. The average molecular weight is 523 g/mol. The van der Waals surface area contributed by atoms with Crippen LogP contribution in [0.25, 0.3) is 11.1 Å². The fourth-order valence-electron chi connectivity index (χ4n) is 6.71. The average Bonchev–Trinajstić information content (AvgIpc) is 3.60. The van der Waals surface area contributed by atoms with Crippen molar-refractivity contribution in [3.63, 3.8) is 0 Å². The molecule has 3 aromatic rings. The number of halogens is 3. The minimum atomic E-state index is -0.901. The third-order valence-corrected chi connectivity index (χ3v) is 8.90. The van der Waals surface area contributed by atoms with E-state index in [9.17, 15) is 9.90 Å². The number of nitrogens with one attached hydrogen (secondary N) is 2. The second-order valence-corrected chi connectivity index (χ2v) is 11.1. The Morgan fingerprint density at radius 3 is 2.78 bits per heavy atom. The summed E-state index contributed by atoms with van der Waals surface area (Å²) < 4.78 is 38.4. The molecule has 3 aliphatic heterocycles. The lowest BCUT2D eigenvalue weighted by atomic mass is 9.80. The maximum absolute atomic E-state index is 16.5. The van der Waals surface area contributed by atoms with Gasteiger partial charge in [0.15, 0.2) is 5.60 Å². The summed E-state index contributed by atoms with van der Waals surface area (Å²) in [4.78, 5) is 13.7. The SMILES string of the molecule is C[C@@H]1Cc2c(cc3c(c2F)-c2c(Cl)c(F)cc4c2C[C@]([C@@H]2CCCN2)(O4)c2cccc(c2)NC3=O)[C@@H]1O. The molecule has 1 aliphatic carbocycles. The summed E-state index contributed by atoms with van der Waals surface area (Å²) in [6.45, 7) is 2.66. The summed E-state index contributed by atoms with van der Waals surface area (Å²) in [5.41, 5.74) is 1.88. The van der Waals surface area contributed by atoms with Crippen LogP contribution in [0.2, 0.25) is 5.02 Å². The van der Waals surface area contributed by atoms with E-state index in [1.165, 1.54) is 12.1 Å². The Labute approximate surface area is 217 Å². The predicted molar refractivity (Wildman–Crippen MR) is 136 cm³/mol. The van der Waals surface area contributed by atoms with Crippen molar-refractivity contribution in [2.75, 3.05) is 11.9 Å². The third-order valence-electron chi connectivity index (χ3n) is 8.53. The summed E-state index contributed by atoms with van der Waals surface area (Å²) in [7, 11) is 0. The first-order valence-electron chi connectivity index (χ1n) is 12.7. The molecule has 1 fully saturated rings. The van der Waals surface area contributed by atoms with E-state index in [1.54, 1.807) is 6.07 Å². The number of ether oxygens (including phenoxy) is 1. The van der Waals surface area contributed by atoms with Gasteiger partial charge in [0.1, 0.15) is 17.4 Å². The van der Waals surface area contributed by atoms with E-state index < -0.39 is 29.2 Å². The Morgan fingerprint density at radius 2 is 2.00 bits per heavy atom. The Hall–Kier alpha value is -3.00. The maximum atomic E-state index is 16.5. The van der Waals surface area contributed by atoms with Crippen molar-refractivity contribution < 1.29 is 23.4 Å². The second kappa shape index (κ2) is 8.00. The molecule has 4 atom stereocenters. The summed E-state index contributed by atoms with van der Waals surface area (Å²) in [5, 5.41) is 16.9. The summed E-state index contributed by atoms with van der Waals surface area (Å²) in [5.74, 6) is -1.86. The van der Waals surface area contributed by atoms with Gasteiger partial charge in [-0.05, 0) is 66.6 Å². The van der Waals surface area contributed by atoms with Crippen molar-refractivity contribution >= 4 is 23.2 Å². The van der Waals surface area contributed by atoms with E-state index in [-0.39, 0.29) is 33.7 Å². The van der Waals surface area contributed by atoms with Crippen molar-refractivity contribution in [3.05, 3.63) is 80.9 Å². The molecule has 0 radical (unpaired) electrons. The molecule has 190 valence electrons. The fourth-order valence-corrected chi connectivity index (χ4v) is 6.97. The predicted octanol–water partition coefficient (Wildman–Crippen LogP) is 5.66. The lowest BCUT2D eigenvalue weighted by Crippen LogP contribution is -2.49. The van der Waals surface area contributed by atoms with Crippen LogP contribution in [-0.2, 0) is 18.4 Å². The largest absolute Gasteiger partial charge is 0.480 e. The number of aliphatic hydroxyl groups excluding tert-OH is 1. The molecule has 1 amide bonds. The molecule has 0 spiro atoms. The molecule has 8 heteroatoms. The van der Waals surface area contributed by atoms with Gasteiger partial charge in [-0.15, -0.1) is 0 Å². The monoisotopic (exact) mass is 522 g/mol. The van der Waals surface area contributed by atoms with Crippen molar-refractivity contribution in [1.82, 2.24) is 5.32 Å². The van der Waals surface area contributed by atoms with Gasteiger partial charge >= 0.3 is 0 Å². The molecule has 3 N–H and O–H groups in total. The molecule has 4 aliphatic rings. The number of carbonyl (C=O) groups excluding carboxylic acids is 1. The standard InChI is InChI=1S/C29H25ClF2N2O3/c1-13-8-16-17(27(13)35)10-18-24(26(16)32)23-19-12-29(22-6-3-7-33-22,37-21(19)11-20(31)25(23)30)14-4-2-5-15(9-14)34-28(18)36/h2,4-5,9-11,13,22,27,33,35H,3,6-8,12H2,1H3,(H,34,36)/t13-,22+,27-,29+/m1/s1. The normalized spacial score (nSPS) is 27.3. The zero-order valence-electron chi connectivity index (χ0n) is 20.1. The highest BCUT2D eigenvalue weighted by molar-refractivity contribution is 6.34. The molecule has 1 saturated heterocycles. The maximum Gasteiger partial charge on any atom is 0.256 e. The van der Waals surface area contributed by atoms with Crippen LogP contribution in [0.1, 0.15) is 58.5 Å². The van der Waals surface area contributed by atoms with E-state index in [1.807, 2.05) is 25.1 Å². The molecule has 5 nitrogen and oxygen atoms in total. The lowest BCUT2D eigenvalue weighted by Gasteiger charge is -2.35. The molecule has 3 aromatic carbocycles. The van der Waals surface area contributed by atoms with Crippen LogP contribution in [0.4, 0.5) is 14.5 Å². The van der Waals surface area contributed by atoms with Gasteiger partial charge in [0, 0.05) is 34.9 Å². The first kappa shape index (κ1) is 23.1. The summed E-state index contributed by atoms with van der Waals surface area (Å²) in [6, 6.07) is 10.2. The van der Waals surface area contributed by atoms with E-state index >= 15 is 8.78 Å². The van der Waals surface area contributed by atoms with Crippen LogP contribution in [0.15, 0.2) is 36.4 Å². The van der Waals surface area contributed by atoms with Crippen LogP contribution in [0.5, 0.6) is 5.75 Å². The molecular formula is C29H25ClF2N2O3. The van der Waals surface area contributed by atoms with Crippen molar-refractivity contribution in [1.29, 1.82) is 0 Å². The number of aliphatic hydroxyl groups is 1. The number of fused-ring (bicyclic) bond motifs is 7. The Balaban J connectivity index is 1.58. The van der Waals surface area contributed by atoms with Crippen molar-refractivity contribution in [3.8, 4) is 16.9 Å². The van der Waals surface area contributed by atoms with Gasteiger partial charge in [-0.2, -0.15) is 0 Å². The highest BCUT2D eigenvalue weighted by Gasteiger charge is 2.50. The minimum absolute atomic E-state index is 0.00268. The first-order chi connectivity index (χ1) is 17.8. The highest BCUT2D eigenvalue weighted by Crippen LogP contribution is 2.53. The molecule has 37 heavy (non-hydrogen) atoms. The van der Waals surface area contributed by atoms with Crippen LogP contribution in [-0.4, -0.2) is 23.6 Å². The topological polar surface area (TPSA) is 70.6 Å². The Morgan fingerprint density at radius 1 is 1.16 bits per heavy atom. The number of anilines is 1. The van der Waals surface area contributed by atoms with Gasteiger partial charge in [-0.1, -0.05) is 30.7 Å². The molecule has 0 saturated carbocycles. The Bertz CT molecular complexity index is 1500. The van der Waals surface area contributed by atoms with Crippen molar-refractivity contribution in [2.45, 2.75) is 50.4 Å². The number of rotatable bonds is 1. The lowest BCUT2D eigenvalue weighted by molar-refractivity contribution is 0.0539. The molecular weight excluding hydrogens is 498 g/mol. The molecule has 4 bridgehead atoms. The van der Waals surface area contributed by atoms with Gasteiger partial charge in [-0.3, -0.25) is 4.79 Å². The van der Waals surface area contributed by atoms with E-state index in [0.29, 0.717) is 41.0 Å². The summed E-state index contributed by atoms with van der Waals surface area (Å²) in [6.07, 6.45) is 1.56. The minimum Gasteiger partial charge on any atom is -0.480 e. The molecule has 3 heterocycles.